The lowest BCUT2D eigenvalue weighted by molar-refractivity contribution is -0.143. The topological polar surface area (TPSA) is 29.1 Å². The van der Waals surface area contributed by atoms with Gasteiger partial charge in [0, 0.05) is 11.8 Å². The Kier molecular flexibility index (Phi) is 5.20. The van der Waals surface area contributed by atoms with Crippen LogP contribution >= 0.6 is 0 Å². The van der Waals surface area contributed by atoms with Crippen LogP contribution in [0, 0.1) is 0 Å². The lowest BCUT2D eigenvalue weighted by atomic mass is 10.1. The van der Waals surface area contributed by atoms with Crippen molar-refractivity contribution in [2.75, 3.05) is 5.32 Å². The second kappa shape index (κ2) is 7.00. The van der Waals surface area contributed by atoms with Gasteiger partial charge in [-0.25, -0.2) is 0 Å². The zero-order valence-electron chi connectivity index (χ0n) is 12.4. The van der Waals surface area contributed by atoms with E-state index in [0.717, 1.165) is 6.08 Å². The van der Waals surface area contributed by atoms with E-state index < -0.39 is 35.1 Å². The molecule has 2 aromatic carbocycles. The number of hydrogen-bond donors (Lipinski definition) is 1. The van der Waals surface area contributed by atoms with E-state index in [1.807, 2.05) is 5.32 Å². The van der Waals surface area contributed by atoms with E-state index >= 15 is 0 Å². The molecule has 0 unspecified atom stereocenters. The quantitative estimate of drug-likeness (QED) is 0.579. The van der Waals surface area contributed by atoms with E-state index in [-0.39, 0.29) is 6.07 Å². The number of carbonyl (C=O) groups is 1. The maximum absolute atomic E-state index is 12.7. The van der Waals surface area contributed by atoms with Gasteiger partial charge in [-0.1, -0.05) is 30.3 Å². The van der Waals surface area contributed by atoms with Crippen molar-refractivity contribution >= 4 is 17.7 Å². The van der Waals surface area contributed by atoms with Gasteiger partial charge in [-0.05, 0) is 29.8 Å². The standard InChI is InChI=1S/C17H11F6NO/c18-16(19,20)12-8-13(17(21,22)23)10-14(9-12)24-15(25)7-6-11-4-2-1-3-5-11/h1-10H,(H,24,25)/b7-6-. The lowest BCUT2D eigenvalue weighted by Gasteiger charge is -2.14. The molecule has 8 heteroatoms. The Hall–Kier alpha value is -2.77. The second-order valence-corrected chi connectivity index (χ2v) is 5.03. The van der Waals surface area contributed by atoms with Crippen LogP contribution in [-0.2, 0) is 17.1 Å². The van der Waals surface area contributed by atoms with E-state index in [1.165, 1.54) is 6.08 Å². The van der Waals surface area contributed by atoms with Crippen LogP contribution in [0.15, 0.2) is 54.6 Å². The van der Waals surface area contributed by atoms with Gasteiger partial charge in [0.05, 0.1) is 11.1 Å². The average molecular weight is 359 g/mol. The summed E-state index contributed by atoms with van der Waals surface area (Å²) in [5, 5.41) is 2.01. The average Bonchev–Trinajstić information content (AvgIpc) is 2.52. The molecule has 0 aliphatic carbocycles. The van der Waals surface area contributed by atoms with Crippen molar-refractivity contribution in [2.45, 2.75) is 12.4 Å². The van der Waals surface area contributed by atoms with E-state index in [2.05, 4.69) is 0 Å². The highest BCUT2D eigenvalue weighted by Crippen LogP contribution is 2.37. The molecule has 1 amide bonds. The highest BCUT2D eigenvalue weighted by Gasteiger charge is 2.37. The van der Waals surface area contributed by atoms with E-state index in [4.69, 9.17) is 0 Å². The van der Waals surface area contributed by atoms with Gasteiger partial charge in [0.2, 0.25) is 5.91 Å². The van der Waals surface area contributed by atoms with Gasteiger partial charge in [-0.3, -0.25) is 4.79 Å². The molecule has 0 aliphatic heterocycles. The Balaban J connectivity index is 2.26. The Morgan fingerprint density at radius 3 is 1.84 bits per heavy atom. The minimum absolute atomic E-state index is 0.00450. The van der Waals surface area contributed by atoms with Crippen LogP contribution in [0.25, 0.3) is 6.08 Å². The Labute approximate surface area is 138 Å². The Bertz CT molecular complexity index is 746. The summed E-state index contributed by atoms with van der Waals surface area (Å²) in [6.45, 7) is 0. The summed E-state index contributed by atoms with van der Waals surface area (Å²) < 4.78 is 76.5. The third-order valence-electron chi connectivity index (χ3n) is 3.08. The first-order valence-corrected chi connectivity index (χ1v) is 6.89. The van der Waals surface area contributed by atoms with Crippen molar-refractivity contribution < 1.29 is 31.1 Å². The number of hydrogen-bond acceptors (Lipinski definition) is 1. The molecule has 0 spiro atoms. The van der Waals surface area contributed by atoms with Gasteiger partial charge < -0.3 is 5.32 Å². The van der Waals surface area contributed by atoms with Crippen molar-refractivity contribution in [3.05, 3.63) is 71.3 Å². The zero-order chi connectivity index (χ0) is 18.7. The van der Waals surface area contributed by atoms with Gasteiger partial charge in [0.1, 0.15) is 0 Å². The second-order valence-electron chi connectivity index (χ2n) is 5.03. The molecule has 0 bridgehead atoms. The van der Waals surface area contributed by atoms with Crippen molar-refractivity contribution in [3.63, 3.8) is 0 Å². The van der Waals surface area contributed by atoms with Crippen LogP contribution in [-0.4, -0.2) is 5.91 Å². The number of anilines is 1. The molecule has 2 aromatic rings. The van der Waals surface area contributed by atoms with Gasteiger partial charge in [0.25, 0.3) is 0 Å². The zero-order valence-corrected chi connectivity index (χ0v) is 12.4. The monoisotopic (exact) mass is 359 g/mol. The summed E-state index contributed by atoms with van der Waals surface area (Å²) in [5.41, 5.74) is -2.93. The molecule has 0 aromatic heterocycles. The van der Waals surface area contributed by atoms with Gasteiger partial charge in [0.15, 0.2) is 0 Å². The number of nitrogens with one attached hydrogen (secondary N) is 1. The summed E-state index contributed by atoms with van der Waals surface area (Å²) in [4.78, 5) is 11.7. The van der Waals surface area contributed by atoms with Crippen molar-refractivity contribution in [3.8, 4) is 0 Å². The number of amides is 1. The molecular formula is C17H11F6NO. The van der Waals surface area contributed by atoms with Crippen LogP contribution in [0.4, 0.5) is 32.0 Å². The van der Waals surface area contributed by atoms with Crippen molar-refractivity contribution in [1.29, 1.82) is 0 Å². The molecule has 0 heterocycles. The number of carbonyl (C=O) groups excluding carboxylic acids is 1. The summed E-state index contributed by atoms with van der Waals surface area (Å²) in [7, 11) is 0. The fraction of sp³-hybridized carbons (Fsp3) is 0.118. The highest BCUT2D eigenvalue weighted by atomic mass is 19.4. The van der Waals surface area contributed by atoms with Crippen LogP contribution in [0.3, 0.4) is 0 Å². The van der Waals surface area contributed by atoms with Crippen molar-refractivity contribution in [2.24, 2.45) is 0 Å². The molecule has 0 saturated carbocycles. The molecule has 0 fully saturated rings. The summed E-state index contributed by atoms with van der Waals surface area (Å²) >= 11 is 0. The Morgan fingerprint density at radius 1 is 0.840 bits per heavy atom. The maximum atomic E-state index is 12.7. The van der Waals surface area contributed by atoms with Crippen LogP contribution in [0.2, 0.25) is 0 Å². The minimum atomic E-state index is -4.97. The molecule has 132 valence electrons. The lowest BCUT2D eigenvalue weighted by Crippen LogP contribution is -2.14. The normalized spacial score (nSPS) is 12.4. The van der Waals surface area contributed by atoms with Crippen LogP contribution < -0.4 is 5.32 Å². The predicted octanol–water partition coefficient (Wildman–Crippen LogP) is 5.38. The molecule has 0 atom stereocenters. The predicted molar refractivity (Wildman–Crippen MR) is 80.6 cm³/mol. The van der Waals surface area contributed by atoms with Crippen molar-refractivity contribution in [1.82, 2.24) is 0 Å². The number of rotatable bonds is 3. The van der Waals surface area contributed by atoms with Crippen LogP contribution in [0.5, 0.6) is 0 Å². The van der Waals surface area contributed by atoms with E-state index in [1.54, 1.807) is 30.3 Å². The third kappa shape index (κ3) is 5.37. The first-order valence-electron chi connectivity index (χ1n) is 6.89. The van der Waals surface area contributed by atoms with Gasteiger partial charge in [-0.2, -0.15) is 26.3 Å². The SMILES string of the molecule is O=C(/C=C\c1ccccc1)Nc1cc(C(F)(F)F)cc(C(F)(F)F)c1. The molecule has 0 radical (unpaired) electrons. The van der Waals surface area contributed by atoms with Gasteiger partial charge >= 0.3 is 12.4 Å². The first kappa shape index (κ1) is 18.6. The van der Waals surface area contributed by atoms with Crippen LogP contribution in [0.1, 0.15) is 16.7 Å². The smallest absolute Gasteiger partial charge is 0.322 e. The number of benzene rings is 2. The highest BCUT2D eigenvalue weighted by molar-refractivity contribution is 6.02. The molecule has 1 N–H and O–H groups in total. The molecular weight excluding hydrogens is 348 g/mol. The molecule has 2 nitrogen and oxygen atoms in total. The molecule has 2 rings (SSSR count). The van der Waals surface area contributed by atoms with Gasteiger partial charge in [-0.15, -0.1) is 0 Å². The third-order valence-corrected chi connectivity index (χ3v) is 3.08. The molecule has 25 heavy (non-hydrogen) atoms. The Morgan fingerprint density at radius 2 is 1.36 bits per heavy atom. The maximum Gasteiger partial charge on any atom is 0.416 e. The summed E-state index contributed by atoms with van der Waals surface area (Å²) in [6, 6.07) is 9.41. The number of alkyl halides is 6. The fourth-order valence-electron chi connectivity index (χ4n) is 1.95. The van der Waals surface area contributed by atoms with E-state index in [0.29, 0.717) is 17.7 Å². The van der Waals surface area contributed by atoms with E-state index in [9.17, 15) is 31.1 Å². The molecule has 0 saturated heterocycles. The number of halogens is 6. The summed E-state index contributed by atoms with van der Waals surface area (Å²) in [6.07, 6.45) is -7.54. The molecule has 0 aliphatic rings. The first-order chi connectivity index (χ1) is 11.6. The fourth-order valence-corrected chi connectivity index (χ4v) is 1.95. The summed E-state index contributed by atoms with van der Waals surface area (Å²) in [5.74, 6) is -0.851. The minimum Gasteiger partial charge on any atom is -0.322 e. The largest absolute Gasteiger partial charge is 0.416 e.